The van der Waals surface area contributed by atoms with Crippen molar-refractivity contribution < 1.29 is 36.4 Å². The van der Waals surface area contributed by atoms with Gasteiger partial charge in [-0.1, -0.05) is 168 Å². The number of phenolic OH excluding ortho intramolecular Hbond substituents is 2. The maximum Gasteiger partial charge on any atom is 0.123 e. The number of hydrogen-bond donors (Lipinski definition) is 2. The summed E-state index contributed by atoms with van der Waals surface area (Å²) in [6, 6.07) is 30.0. The number of benzene rings is 4. The number of likely N-dealkylation sites (N-methyl/N-ethyl adjacent to an activating group) is 2. The first-order valence-corrected chi connectivity index (χ1v) is 19.2. The quantitative estimate of drug-likeness (QED) is 0.168. The molecule has 0 heterocycles. The molecule has 53 heavy (non-hydrogen) atoms. The van der Waals surface area contributed by atoms with Crippen molar-refractivity contribution in [2.45, 2.75) is 131 Å². The molecule has 0 radical (unpaired) electrons. The molecule has 0 unspecified atom stereocenters. The summed E-state index contributed by atoms with van der Waals surface area (Å²) in [5, 5.41) is 22.4. The molecule has 0 aliphatic heterocycles. The maximum absolute atomic E-state index is 11.2. The topological polar surface area (TPSA) is 46.9 Å². The number of hydrogen-bond acceptors (Lipinski definition) is 4. The zero-order valence-corrected chi connectivity index (χ0v) is 38.1. The molecule has 0 aliphatic rings. The molecular formula is C48H70N2O2Zr. The van der Waals surface area contributed by atoms with Crippen molar-refractivity contribution in [1.29, 1.82) is 0 Å². The Labute approximate surface area is 343 Å². The van der Waals surface area contributed by atoms with Gasteiger partial charge in [-0.3, -0.25) is 0 Å². The van der Waals surface area contributed by atoms with E-state index in [0.717, 1.165) is 48.2 Å². The molecule has 0 fully saturated rings. The largest absolute Gasteiger partial charge is 0.507 e. The Morgan fingerprint density at radius 1 is 0.453 bits per heavy atom. The number of aryl methyl sites for hydroxylation is 2. The van der Waals surface area contributed by atoms with Crippen LogP contribution >= 0.6 is 0 Å². The number of nitrogens with zero attached hydrogens (tertiary/aromatic N) is 2. The summed E-state index contributed by atoms with van der Waals surface area (Å²) in [5.41, 5.74) is 9.08. The van der Waals surface area contributed by atoms with E-state index in [1.807, 2.05) is 0 Å². The Balaban J connectivity index is 0.000000537. The summed E-state index contributed by atoms with van der Waals surface area (Å²) in [4.78, 5) is 4.55. The monoisotopic (exact) mass is 796 g/mol. The van der Waals surface area contributed by atoms with Crippen LogP contribution in [0.3, 0.4) is 0 Å². The van der Waals surface area contributed by atoms with Crippen molar-refractivity contribution in [1.82, 2.24) is 9.80 Å². The van der Waals surface area contributed by atoms with Gasteiger partial charge in [0, 0.05) is 63.5 Å². The van der Waals surface area contributed by atoms with E-state index in [-0.39, 0.29) is 47.9 Å². The summed E-state index contributed by atoms with van der Waals surface area (Å²) >= 11 is 0. The molecule has 0 spiro atoms. The van der Waals surface area contributed by atoms with Crippen molar-refractivity contribution in [3.8, 4) is 11.5 Å². The molecule has 4 aromatic rings. The van der Waals surface area contributed by atoms with Crippen molar-refractivity contribution in [2.75, 3.05) is 27.2 Å². The molecular weight excluding hydrogens is 728 g/mol. The van der Waals surface area contributed by atoms with E-state index < -0.39 is 0 Å². The normalized spacial score (nSPS) is 12.4. The molecule has 0 saturated heterocycles. The fourth-order valence-electron chi connectivity index (χ4n) is 6.30. The minimum atomic E-state index is -0.131. The second kappa shape index (κ2) is 19.2. The predicted octanol–water partition coefficient (Wildman–Crippen LogP) is 11.3. The Kier molecular flexibility index (Phi) is 16.9. The van der Waals surface area contributed by atoms with Gasteiger partial charge in [0.25, 0.3) is 0 Å². The third-order valence-electron chi connectivity index (χ3n) is 9.86. The summed E-state index contributed by atoms with van der Waals surface area (Å²) in [5.74, 6) is 0.841. The average Bonchev–Trinajstić information content (AvgIpc) is 3.04. The van der Waals surface area contributed by atoms with Gasteiger partial charge in [0.15, 0.2) is 0 Å². The van der Waals surface area contributed by atoms with Crippen molar-refractivity contribution in [3.05, 3.63) is 129 Å². The van der Waals surface area contributed by atoms with E-state index >= 15 is 0 Å². The van der Waals surface area contributed by atoms with Crippen LogP contribution in [-0.2, 0) is 73.8 Å². The van der Waals surface area contributed by atoms with Crippen LogP contribution in [0.2, 0.25) is 0 Å². The molecule has 0 bridgehead atoms. The average molecular weight is 798 g/mol. The van der Waals surface area contributed by atoms with Crippen molar-refractivity contribution in [3.63, 3.8) is 0 Å². The molecule has 4 nitrogen and oxygen atoms in total. The van der Waals surface area contributed by atoms with E-state index in [9.17, 15) is 10.2 Å². The Hall–Kier alpha value is -2.72. The van der Waals surface area contributed by atoms with E-state index in [1.54, 1.807) is 0 Å². The molecule has 0 aliphatic carbocycles. The Bertz CT molecular complexity index is 1580. The third-order valence-corrected chi connectivity index (χ3v) is 9.86. The van der Waals surface area contributed by atoms with Crippen molar-refractivity contribution in [2.24, 2.45) is 0 Å². The van der Waals surface area contributed by atoms with Gasteiger partial charge >= 0.3 is 0 Å². The zero-order chi connectivity index (χ0) is 39.1. The molecule has 4 aromatic carbocycles. The summed E-state index contributed by atoms with van der Waals surface area (Å²) in [6.45, 7) is 29.4. The van der Waals surface area contributed by atoms with E-state index in [0.29, 0.717) is 24.6 Å². The molecule has 0 atom stereocenters. The van der Waals surface area contributed by atoms with E-state index in [2.05, 4.69) is 192 Å². The maximum atomic E-state index is 11.2. The zero-order valence-electron chi connectivity index (χ0n) is 35.6. The van der Waals surface area contributed by atoms with Gasteiger partial charge in [0.05, 0.1) is 0 Å². The second-order valence-corrected chi connectivity index (χ2v) is 19.0. The summed E-state index contributed by atoms with van der Waals surface area (Å²) in [7, 11) is 4.23. The fraction of sp³-hybridized carbons (Fsp3) is 0.500. The summed E-state index contributed by atoms with van der Waals surface area (Å²) in [6.07, 6.45) is 2.26. The first-order chi connectivity index (χ1) is 24.0. The predicted molar refractivity (Wildman–Crippen MR) is 224 cm³/mol. The molecule has 0 aromatic heterocycles. The van der Waals surface area contributed by atoms with Gasteiger partial charge in [-0.05, 0) is 82.0 Å². The first kappa shape index (κ1) is 46.4. The molecule has 4 rings (SSSR count). The fourth-order valence-corrected chi connectivity index (χ4v) is 6.30. The van der Waals surface area contributed by atoms with Crippen LogP contribution in [0.1, 0.15) is 128 Å². The number of rotatable bonds is 10. The summed E-state index contributed by atoms with van der Waals surface area (Å²) < 4.78 is 0. The Morgan fingerprint density at radius 3 is 1.02 bits per heavy atom. The van der Waals surface area contributed by atoms with Gasteiger partial charge in [-0.2, -0.15) is 0 Å². The molecule has 288 valence electrons. The molecule has 5 heteroatoms. The van der Waals surface area contributed by atoms with E-state index in [1.165, 1.54) is 22.3 Å². The van der Waals surface area contributed by atoms with Crippen LogP contribution < -0.4 is 0 Å². The number of aromatic hydroxyl groups is 2. The van der Waals surface area contributed by atoms with Gasteiger partial charge in [0.1, 0.15) is 11.5 Å². The Morgan fingerprint density at radius 2 is 0.755 bits per heavy atom. The van der Waals surface area contributed by atoms with E-state index in [4.69, 9.17) is 0 Å². The van der Waals surface area contributed by atoms with Crippen LogP contribution in [-0.4, -0.2) is 47.2 Å². The van der Waals surface area contributed by atoms with Crippen LogP contribution in [0, 0.1) is 0 Å². The first-order valence-electron chi connectivity index (χ1n) is 19.2. The smallest absolute Gasteiger partial charge is 0.123 e. The van der Waals surface area contributed by atoms with Gasteiger partial charge in [-0.25, -0.2) is 0 Å². The van der Waals surface area contributed by atoms with Gasteiger partial charge in [0.2, 0.25) is 0 Å². The molecule has 2 N–H and O–H groups in total. The van der Waals surface area contributed by atoms with Crippen LogP contribution in [0.4, 0.5) is 0 Å². The SMILES string of the molecule is CN(CCN(C)Cc1cc(C(C)(C)C)cc(C(C)(C)C)c1O)Cc1cc(C(C)(C)C)cc(C(C)(C)C)c1O.[Zr].c1ccc(CCc2ccccc2)cc1. The van der Waals surface area contributed by atoms with Gasteiger partial charge in [-0.15, -0.1) is 0 Å². The van der Waals surface area contributed by atoms with Crippen LogP contribution in [0.5, 0.6) is 11.5 Å². The molecule has 0 amide bonds. The third kappa shape index (κ3) is 14.5. The minimum absolute atomic E-state index is 0. The second-order valence-electron chi connectivity index (χ2n) is 19.0. The number of phenols is 2. The van der Waals surface area contributed by atoms with Crippen LogP contribution in [0.15, 0.2) is 84.9 Å². The van der Waals surface area contributed by atoms with Crippen LogP contribution in [0.25, 0.3) is 0 Å². The standard InChI is InChI=1S/C34H56N2O2.C14H14.Zr/c1-31(2,3)25-17-23(29(37)27(19-25)33(7,8)9)21-35(13)15-16-36(14)22-24-18-26(32(4,5)6)20-28(30(24)38)34(10,11)12;1-3-7-13(8-4-1)11-12-14-9-5-2-6-10-14;/h17-20,37-38H,15-16,21-22H2,1-14H3;1-10H,11-12H2;. The minimum Gasteiger partial charge on any atom is -0.507 e. The molecule has 0 saturated carbocycles. The van der Waals surface area contributed by atoms with Gasteiger partial charge < -0.3 is 20.0 Å². The van der Waals surface area contributed by atoms with Crippen molar-refractivity contribution >= 4 is 0 Å².